The van der Waals surface area contributed by atoms with Crippen molar-refractivity contribution in [1.82, 2.24) is 5.32 Å². The quantitative estimate of drug-likeness (QED) is 0.716. The van der Waals surface area contributed by atoms with E-state index in [2.05, 4.69) is 5.32 Å². The molecule has 1 saturated carbocycles. The van der Waals surface area contributed by atoms with Crippen LogP contribution in [0.4, 0.5) is 0 Å². The highest BCUT2D eigenvalue weighted by Crippen LogP contribution is 2.33. The van der Waals surface area contributed by atoms with E-state index in [4.69, 9.17) is 5.11 Å². The fourth-order valence-electron chi connectivity index (χ4n) is 1.82. The number of rotatable bonds is 7. The average molecular weight is 241 g/mol. The summed E-state index contributed by atoms with van der Waals surface area (Å²) in [5.74, 6) is -0.393. The Morgan fingerprint density at radius 3 is 2.35 bits per heavy atom. The van der Waals surface area contributed by atoms with Crippen molar-refractivity contribution in [3.05, 3.63) is 0 Å². The van der Waals surface area contributed by atoms with Crippen LogP contribution in [-0.4, -0.2) is 23.0 Å². The van der Waals surface area contributed by atoms with E-state index in [-0.39, 0.29) is 17.7 Å². The smallest absolute Gasteiger partial charge is 0.326 e. The Labute approximate surface area is 103 Å². The molecule has 1 amide bonds. The fraction of sp³-hybridized carbons (Fsp3) is 0.846. The number of carboxylic acids is 1. The number of carboxylic acid groups (broad SMARTS) is 1. The Kier molecular flexibility index (Phi) is 4.97. The molecule has 3 unspecified atom stereocenters. The molecule has 17 heavy (non-hydrogen) atoms. The highest BCUT2D eigenvalue weighted by molar-refractivity contribution is 5.84. The minimum atomic E-state index is -0.915. The average Bonchev–Trinajstić information content (AvgIpc) is 3.09. The van der Waals surface area contributed by atoms with E-state index in [1.165, 1.54) is 0 Å². The Bertz CT molecular complexity index is 286. The van der Waals surface area contributed by atoms with Gasteiger partial charge in [0.1, 0.15) is 6.04 Å². The van der Waals surface area contributed by atoms with Gasteiger partial charge >= 0.3 is 5.97 Å². The third-order valence-corrected chi connectivity index (χ3v) is 3.79. The lowest BCUT2D eigenvalue weighted by Crippen LogP contribution is -2.44. The molecule has 0 aromatic carbocycles. The molecule has 4 heteroatoms. The molecule has 0 spiro atoms. The third-order valence-electron chi connectivity index (χ3n) is 3.79. The molecule has 1 aliphatic carbocycles. The van der Waals surface area contributed by atoms with Crippen LogP contribution in [0.5, 0.6) is 0 Å². The first-order valence-electron chi connectivity index (χ1n) is 6.48. The van der Waals surface area contributed by atoms with Crippen LogP contribution in [0.2, 0.25) is 0 Å². The van der Waals surface area contributed by atoms with Gasteiger partial charge in [0.05, 0.1) is 0 Å². The summed E-state index contributed by atoms with van der Waals surface area (Å²) in [6.45, 7) is 5.91. The summed E-state index contributed by atoms with van der Waals surface area (Å²) in [7, 11) is 0. The normalized spacial score (nSPS) is 20.4. The van der Waals surface area contributed by atoms with E-state index < -0.39 is 12.0 Å². The second kappa shape index (κ2) is 6.03. The van der Waals surface area contributed by atoms with Crippen molar-refractivity contribution in [3.63, 3.8) is 0 Å². The highest BCUT2D eigenvalue weighted by atomic mass is 16.4. The van der Waals surface area contributed by atoms with Crippen LogP contribution in [-0.2, 0) is 9.59 Å². The number of hydrogen-bond donors (Lipinski definition) is 2. The summed E-state index contributed by atoms with van der Waals surface area (Å²) in [5, 5.41) is 11.7. The SMILES string of the molecule is CCC(C)C(C)C(=O)NC(CC1CC1)C(=O)O. The van der Waals surface area contributed by atoms with Crippen molar-refractivity contribution in [1.29, 1.82) is 0 Å². The predicted molar refractivity (Wildman–Crippen MR) is 65.5 cm³/mol. The topological polar surface area (TPSA) is 66.4 Å². The maximum absolute atomic E-state index is 11.9. The van der Waals surface area contributed by atoms with Gasteiger partial charge in [-0.25, -0.2) is 4.79 Å². The van der Waals surface area contributed by atoms with Crippen molar-refractivity contribution < 1.29 is 14.7 Å². The Hall–Kier alpha value is -1.06. The molecule has 0 heterocycles. The Morgan fingerprint density at radius 2 is 1.94 bits per heavy atom. The second-order valence-electron chi connectivity index (χ2n) is 5.25. The summed E-state index contributed by atoms with van der Waals surface area (Å²) < 4.78 is 0. The van der Waals surface area contributed by atoms with Gasteiger partial charge in [0.15, 0.2) is 0 Å². The molecular formula is C13H23NO3. The zero-order chi connectivity index (χ0) is 13.0. The molecule has 4 nitrogen and oxygen atoms in total. The molecule has 0 aromatic rings. The molecule has 1 aliphatic rings. The lowest BCUT2D eigenvalue weighted by molar-refractivity contribution is -0.143. The molecule has 0 radical (unpaired) electrons. The first-order chi connectivity index (χ1) is 7.95. The van der Waals surface area contributed by atoms with E-state index in [1.54, 1.807) is 0 Å². The summed E-state index contributed by atoms with van der Waals surface area (Å²) in [6, 6.07) is -0.707. The van der Waals surface area contributed by atoms with Gasteiger partial charge in [-0.05, 0) is 18.3 Å². The Balaban J connectivity index is 2.47. The van der Waals surface area contributed by atoms with Gasteiger partial charge in [0.25, 0.3) is 0 Å². The molecule has 1 fully saturated rings. The van der Waals surface area contributed by atoms with Crippen LogP contribution in [0, 0.1) is 17.8 Å². The van der Waals surface area contributed by atoms with Gasteiger partial charge in [0.2, 0.25) is 5.91 Å². The van der Waals surface area contributed by atoms with Crippen LogP contribution in [0.3, 0.4) is 0 Å². The van der Waals surface area contributed by atoms with Crippen molar-refractivity contribution in [2.24, 2.45) is 17.8 Å². The van der Waals surface area contributed by atoms with E-state index in [9.17, 15) is 9.59 Å². The number of carbonyl (C=O) groups is 2. The molecular weight excluding hydrogens is 218 g/mol. The summed E-state index contributed by atoms with van der Waals surface area (Å²) in [4.78, 5) is 22.9. The van der Waals surface area contributed by atoms with E-state index >= 15 is 0 Å². The highest BCUT2D eigenvalue weighted by Gasteiger charge is 2.31. The first-order valence-corrected chi connectivity index (χ1v) is 6.48. The van der Waals surface area contributed by atoms with E-state index in [0.717, 1.165) is 19.3 Å². The number of nitrogens with one attached hydrogen (secondary N) is 1. The zero-order valence-electron chi connectivity index (χ0n) is 10.9. The molecule has 98 valence electrons. The predicted octanol–water partition coefficient (Wildman–Crippen LogP) is 2.04. The van der Waals surface area contributed by atoms with Crippen LogP contribution >= 0.6 is 0 Å². The van der Waals surface area contributed by atoms with Gasteiger partial charge in [-0.2, -0.15) is 0 Å². The van der Waals surface area contributed by atoms with E-state index in [1.807, 2.05) is 20.8 Å². The van der Waals surface area contributed by atoms with Crippen molar-refractivity contribution in [2.75, 3.05) is 0 Å². The number of aliphatic carboxylic acids is 1. The van der Waals surface area contributed by atoms with E-state index in [0.29, 0.717) is 12.3 Å². The number of amides is 1. The Morgan fingerprint density at radius 1 is 1.35 bits per heavy atom. The van der Waals surface area contributed by atoms with Crippen molar-refractivity contribution in [3.8, 4) is 0 Å². The van der Waals surface area contributed by atoms with Gasteiger partial charge in [0, 0.05) is 5.92 Å². The number of carbonyl (C=O) groups excluding carboxylic acids is 1. The maximum atomic E-state index is 11.9. The molecule has 0 aliphatic heterocycles. The molecule has 3 atom stereocenters. The number of hydrogen-bond acceptors (Lipinski definition) is 2. The van der Waals surface area contributed by atoms with Crippen molar-refractivity contribution >= 4 is 11.9 Å². The summed E-state index contributed by atoms with van der Waals surface area (Å²) >= 11 is 0. The minimum Gasteiger partial charge on any atom is -0.480 e. The van der Waals surface area contributed by atoms with Gasteiger partial charge < -0.3 is 10.4 Å². The lowest BCUT2D eigenvalue weighted by Gasteiger charge is -2.21. The fourth-order valence-corrected chi connectivity index (χ4v) is 1.82. The van der Waals surface area contributed by atoms with Crippen molar-refractivity contribution in [2.45, 2.75) is 52.5 Å². The maximum Gasteiger partial charge on any atom is 0.326 e. The molecule has 0 aromatic heterocycles. The molecule has 2 N–H and O–H groups in total. The lowest BCUT2D eigenvalue weighted by atomic mass is 9.92. The molecule has 0 bridgehead atoms. The van der Waals surface area contributed by atoms with Crippen LogP contribution in [0.15, 0.2) is 0 Å². The van der Waals surface area contributed by atoms with Crippen LogP contribution in [0.1, 0.15) is 46.5 Å². The standard InChI is InChI=1S/C13H23NO3/c1-4-8(2)9(3)12(15)14-11(13(16)17)7-10-5-6-10/h8-11H,4-7H2,1-3H3,(H,14,15)(H,16,17). The molecule has 0 saturated heterocycles. The largest absolute Gasteiger partial charge is 0.480 e. The van der Waals surface area contributed by atoms with Crippen LogP contribution in [0.25, 0.3) is 0 Å². The van der Waals surface area contributed by atoms with Gasteiger partial charge in [-0.3, -0.25) is 4.79 Å². The monoisotopic (exact) mass is 241 g/mol. The summed E-state index contributed by atoms with van der Waals surface area (Å²) in [6.07, 6.45) is 3.70. The first kappa shape index (κ1) is 14.0. The molecule has 1 rings (SSSR count). The minimum absolute atomic E-state index is 0.124. The van der Waals surface area contributed by atoms with Crippen LogP contribution < -0.4 is 5.32 Å². The summed E-state index contributed by atoms with van der Waals surface area (Å²) in [5.41, 5.74) is 0. The zero-order valence-corrected chi connectivity index (χ0v) is 10.9. The second-order valence-corrected chi connectivity index (χ2v) is 5.25. The third kappa shape index (κ3) is 4.36. The van der Waals surface area contributed by atoms with Gasteiger partial charge in [-0.15, -0.1) is 0 Å². The van der Waals surface area contributed by atoms with Gasteiger partial charge in [-0.1, -0.05) is 40.0 Å².